The number of hydrogen-bond acceptors (Lipinski definition) is 3. The summed E-state index contributed by atoms with van der Waals surface area (Å²) < 4.78 is 14.2. The second-order valence-corrected chi connectivity index (χ2v) is 6.17. The Bertz CT molecular complexity index is 524. The Hall–Kier alpha value is -0.870. The molecule has 0 spiro atoms. The Morgan fingerprint density at radius 3 is 2.83 bits per heavy atom. The predicted molar refractivity (Wildman–Crippen MR) is 75.1 cm³/mol. The summed E-state index contributed by atoms with van der Waals surface area (Å²) >= 11 is 7.25. The van der Waals surface area contributed by atoms with Gasteiger partial charge < -0.3 is 5.32 Å². The Balaban J connectivity index is 1.84. The van der Waals surface area contributed by atoms with Gasteiger partial charge in [0.1, 0.15) is 5.82 Å². The summed E-state index contributed by atoms with van der Waals surface area (Å²) in [5.74, 6) is -0.378. The van der Waals surface area contributed by atoms with Gasteiger partial charge in [0, 0.05) is 6.04 Å². The summed E-state index contributed by atoms with van der Waals surface area (Å²) in [6, 6.07) is 3.57. The summed E-state index contributed by atoms with van der Waals surface area (Å²) in [5, 5.41) is 4.46. The van der Waals surface area contributed by atoms with Gasteiger partial charge >= 0.3 is 0 Å². The van der Waals surface area contributed by atoms with Gasteiger partial charge in [-0.3, -0.25) is 0 Å². The first-order valence-corrected chi connectivity index (χ1v) is 7.44. The summed E-state index contributed by atoms with van der Waals surface area (Å²) in [7, 11) is 0. The van der Waals surface area contributed by atoms with E-state index in [0.717, 1.165) is 15.3 Å². The number of nitrogens with one attached hydrogen (secondary N) is 1. The van der Waals surface area contributed by atoms with Gasteiger partial charge in [0.15, 0.2) is 5.13 Å². The van der Waals surface area contributed by atoms with Crippen molar-refractivity contribution in [2.75, 3.05) is 5.32 Å². The van der Waals surface area contributed by atoms with Crippen LogP contribution in [0.25, 0.3) is 10.2 Å². The van der Waals surface area contributed by atoms with Gasteiger partial charge in [0.25, 0.3) is 0 Å². The van der Waals surface area contributed by atoms with E-state index in [2.05, 4.69) is 10.3 Å². The van der Waals surface area contributed by atoms with Crippen LogP contribution in [0.5, 0.6) is 0 Å². The highest BCUT2D eigenvalue weighted by Crippen LogP contribution is 2.31. The van der Waals surface area contributed by atoms with E-state index < -0.39 is 0 Å². The van der Waals surface area contributed by atoms with Crippen molar-refractivity contribution in [2.45, 2.75) is 38.1 Å². The second kappa shape index (κ2) is 5.02. The van der Waals surface area contributed by atoms with Crippen LogP contribution in [0.1, 0.15) is 32.1 Å². The minimum absolute atomic E-state index is 0.136. The maximum atomic E-state index is 13.3. The third kappa shape index (κ3) is 2.45. The fourth-order valence-corrected chi connectivity index (χ4v) is 3.51. The highest BCUT2D eigenvalue weighted by Gasteiger charge is 2.15. The van der Waals surface area contributed by atoms with Crippen LogP contribution in [-0.4, -0.2) is 11.0 Å². The zero-order chi connectivity index (χ0) is 12.5. The molecule has 0 atom stereocenters. The van der Waals surface area contributed by atoms with Crippen molar-refractivity contribution in [1.82, 2.24) is 4.98 Å². The maximum Gasteiger partial charge on any atom is 0.184 e. The van der Waals surface area contributed by atoms with Crippen LogP contribution >= 0.6 is 22.9 Å². The number of nitrogens with zero attached hydrogens (tertiary/aromatic N) is 1. The van der Waals surface area contributed by atoms with Crippen LogP contribution in [0.15, 0.2) is 12.1 Å². The molecule has 3 rings (SSSR count). The summed E-state index contributed by atoms with van der Waals surface area (Å²) in [6.07, 6.45) is 6.29. The lowest BCUT2D eigenvalue weighted by molar-refractivity contribution is 0.462. The number of halogens is 2. The number of aromatic nitrogens is 1. The van der Waals surface area contributed by atoms with Gasteiger partial charge in [-0.1, -0.05) is 42.2 Å². The second-order valence-electron chi connectivity index (χ2n) is 4.73. The fraction of sp³-hybridized carbons (Fsp3) is 0.462. The molecule has 0 bridgehead atoms. The highest BCUT2D eigenvalue weighted by molar-refractivity contribution is 7.22. The lowest BCUT2D eigenvalue weighted by Gasteiger charge is -2.22. The molecular weight excluding hydrogens is 271 g/mol. The van der Waals surface area contributed by atoms with E-state index in [-0.39, 0.29) is 10.8 Å². The maximum absolute atomic E-state index is 13.3. The third-order valence-electron chi connectivity index (χ3n) is 3.36. The van der Waals surface area contributed by atoms with Crippen LogP contribution < -0.4 is 5.32 Å². The molecule has 1 N–H and O–H groups in total. The number of benzene rings is 1. The molecule has 96 valence electrons. The molecule has 1 aliphatic rings. The summed E-state index contributed by atoms with van der Waals surface area (Å²) in [5.41, 5.74) is 0.768. The van der Waals surface area contributed by atoms with E-state index in [4.69, 9.17) is 11.6 Å². The minimum Gasteiger partial charge on any atom is -0.359 e. The summed E-state index contributed by atoms with van der Waals surface area (Å²) in [6.45, 7) is 0. The molecule has 18 heavy (non-hydrogen) atoms. The van der Waals surface area contributed by atoms with Gasteiger partial charge in [-0.15, -0.1) is 0 Å². The SMILES string of the molecule is Fc1cc2sc(NC3CCCCC3)nc2cc1Cl. The molecule has 2 nitrogen and oxygen atoms in total. The number of fused-ring (bicyclic) bond motifs is 1. The molecule has 1 saturated carbocycles. The number of thiazole rings is 1. The molecule has 0 amide bonds. The molecule has 5 heteroatoms. The largest absolute Gasteiger partial charge is 0.359 e. The van der Waals surface area contributed by atoms with Gasteiger partial charge in [-0.05, 0) is 25.0 Å². The minimum atomic E-state index is -0.378. The van der Waals surface area contributed by atoms with Crippen molar-refractivity contribution >= 4 is 38.3 Å². The van der Waals surface area contributed by atoms with Crippen LogP contribution in [0.3, 0.4) is 0 Å². The van der Waals surface area contributed by atoms with Gasteiger partial charge in [-0.25, -0.2) is 9.37 Å². The third-order valence-corrected chi connectivity index (χ3v) is 4.60. The molecule has 0 saturated heterocycles. The first-order chi connectivity index (χ1) is 8.72. The highest BCUT2D eigenvalue weighted by atomic mass is 35.5. The van der Waals surface area contributed by atoms with Crippen LogP contribution in [0.2, 0.25) is 5.02 Å². The standard InChI is InChI=1S/C13H14ClFN2S/c14-9-6-11-12(7-10(9)15)18-13(17-11)16-8-4-2-1-3-5-8/h6-8H,1-5H2,(H,16,17). The van der Waals surface area contributed by atoms with Gasteiger partial charge in [0.05, 0.1) is 15.2 Å². The van der Waals surface area contributed by atoms with Crippen LogP contribution in [0.4, 0.5) is 9.52 Å². The first kappa shape index (κ1) is 12.2. The molecule has 1 aromatic carbocycles. The van der Waals surface area contributed by atoms with Crippen molar-refractivity contribution in [3.8, 4) is 0 Å². The average molecular weight is 285 g/mol. The Kier molecular flexibility index (Phi) is 3.39. The zero-order valence-corrected chi connectivity index (χ0v) is 11.5. The lowest BCUT2D eigenvalue weighted by atomic mass is 9.96. The molecule has 1 heterocycles. The van der Waals surface area contributed by atoms with Crippen LogP contribution in [0, 0.1) is 5.82 Å². The Morgan fingerprint density at radius 1 is 1.28 bits per heavy atom. The van der Waals surface area contributed by atoms with Crippen molar-refractivity contribution < 1.29 is 4.39 Å². The van der Waals surface area contributed by atoms with Crippen molar-refractivity contribution in [1.29, 1.82) is 0 Å². The molecule has 2 aromatic rings. The number of anilines is 1. The van der Waals surface area contributed by atoms with E-state index >= 15 is 0 Å². The molecular formula is C13H14ClFN2S. The topological polar surface area (TPSA) is 24.9 Å². The molecule has 0 radical (unpaired) electrons. The molecule has 1 aromatic heterocycles. The number of hydrogen-bond donors (Lipinski definition) is 1. The van der Waals surface area contributed by atoms with Gasteiger partial charge in [0.2, 0.25) is 0 Å². The van der Waals surface area contributed by atoms with E-state index in [1.807, 2.05) is 0 Å². The monoisotopic (exact) mass is 284 g/mol. The smallest absolute Gasteiger partial charge is 0.184 e. The number of rotatable bonds is 2. The zero-order valence-electron chi connectivity index (χ0n) is 9.88. The lowest BCUT2D eigenvalue weighted by Crippen LogP contribution is -2.21. The van der Waals surface area contributed by atoms with E-state index in [0.29, 0.717) is 6.04 Å². The van der Waals surface area contributed by atoms with E-state index in [1.54, 1.807) is 6.07 Å². The van der Waals surface area contributed by atoms with E-state index in [9.17, 15) is 4.39 Å². The average Bonchev–Trinajstić information content (AvgIpc) is 2.72. The quantitative estimate of drug-likeness (QED) is 0.854. The Labute approximate surface area is 114 Å². The predicted octanol–water partition coefficient (Wildman–Crippen LogP) is 4.83. The van der Waals surface area contributed by atoms with E-state index in [1.165, 1.54) is 49.5 Å². The first-order valence-electron chi connectivity index (χ1n) is 6.24. The van der Waals surface area contributed by atoms with Crippen molar-refractivity contribution in [2.24, 2.45) is 0 Å². The fourth-order valence-electron chi connectivity index (χ4n) is 2.41. The van der Waals surface area contributed by atoms with Crippen molar-refractivity contribution in [3.63, 3.8) is 0 Å². The molecule has 1 aliphatic carbocycles. The van der Waals surface area contributed by atoms with Crippen molar-refractivity contribution in [3.05, 3.63) is 23.0 Å². The summed E-state index contributed by atoms with van der Waals surface area (Å²) in [4.78, 5) is 4.47. The normalized spacial score (nSPS) is 17.2. The Morgan fingerprint density at radius 2 is 2.06 bits per heavy atom. The molecule has 0 unspecified atom stereocenters. The molecule has 0 aliphatic heterocycles. The van der Waals surface area contributed by atoms with Gasteiger partial charge in [-0.2, -0.15) is 0 Å². The molecule has 1 fully saturated rings. The van der Waals surface area contributed by atoms with Crippen LogP contribution in [-0.2, 0) is 0 Å².